The number of nitrogens with two attached hydrogens (primary N) is 1. The fourth-order valence-electron chi connectivity index (χ4n) is 3.52. The molecule has 3 aromatic carbocycles. The minimum Gasteiger partial charge on any atom is -0.488 e. The van der Waals surface area contributed by atoms with Gasteiger partial charge in [-0.25, -0.2) is 15.0 Å². The van der Waals surface area contributed by atoms with Gasteiger partial charge in [0.2, 0.25) is 5.95 Å². The molecule has 2 N–H and O–H groups in total. The minimum absolute atomic E-state index is 0.229. The number of benzene rings is 3. The van der Waals surface area contributed by atoms with Crippen molar-refractivity contribution in [3.63, 3.8) is 0 Å². The highest BCUT2D eigenvalue weighted by atomic mass is 16.5. The predicted octanol–water partition coefficient (Wildman–Crippen LogP) is 5.52. The highest BCUT2D eigenvalue weighted by Crippen LogP contribution is 2.32. The molecule has 2 heterocycles. The lowest BCUT2D eigenvalue weighted by Crippen LogP contribution is -2.01. The molecule has 0 bridgehead atoms. The zero-order valence-corrected chi connectivity index (χ0v) is 16.8. The van der Waals surface area contributed by atoms with Crippen molar-refractivity contribution in [2.45, 2.75) is 6.61 Å². The van der Waals surface area contributed by atoms with Gasteiger partial charge in [-0.1, -0.05) is 72.8 Å². The van der Waals surface area contributed by atoms with Gasteiger partial charge >= 0.3 is 0 Å². The van der Waals surface area contributed by atoms with E-state index < -0.39 is 0 Å². The van der Waals surface area contributed by atoms with Gasteiger partial charge in [-0.05, 0) is 29.8 Å². The first-order valence-corrected chi connectivity index (χ1v) is 10.0. The third kappa shape index (κ3) is 3.94. The first kappa shape index (κ1) is 18.8. The summed E-state index contributed by atoms with van der Waals surface area (Å²) in [6, 6.07) is 31.8. The number of anilines is 1. The number of ether oxygens (including phenoxy) is 1. The van der Waals surface area contributed by atoms with E-state index in [-0.39, 0.29) is 5.95 Å². The van der Waals surface area contributed by atoms with E-state index in [1.165, 1.54) is 0 Å². The third-order valence-corrected chi connectivity index (χ3v) is 5.01. The summed E-state index contributed by atoms with van der Waals surface area (Å²) < 4.78 is 6.13. The van der Waals surface area contributed by atoms with E-state index in [2.05, 4.69) is 9.97 Å². The Bertz CT molecular complexity index is 1340. The van der Waals surface area contributed by atoms with E-state index >= 15 is 0 Å². The summed E-state index contributed by atoms with van der Waals surface area (Å²) in [4.78, 5) is 13.8. The minimum atomic E-state index is 0.229. The molecular weight excluding hydrogens is 384 g/mol. The van der Waals surface area contributed by atoms with Crippen LogP contribution in [0.3, 0.4) is 0 Å². The van der Waals surface area contributed by atoms with Crippen LogP contribution < -0.4 is 10.5 Å². The van der Waals surface area contributed by atoms with Crippen molar-refractivity contribution in [2.24, 2.45) is 0 Å². The van der Waals surface area contributed by atoms with Crippen molar-refractivity contribution >= 4 is 17.0 Å². The molecule has 0 saturated heterocycles. The molecule has 0 spiro atoms. The lowest BCUT2D eigenvalue weighted by atomic mass is 10.1. The molecule has 5 nitrogen and oxygen atoms in total. The molecule has 31 heavy (non-hydrogen) atoms. The summed E-state index contributed by atoms with van der Waals surface area (Å²) in [5, 5.41) is 0. The summed E-state index contributed by atoms with van der Waals surface area (Å²) in [7, 11) is 0. The number of fused-ring (bicyclic) bond motifs is 1. The van der Waals surface area contributed by atoms with Crippen molar-refractivity contribution in [1.82, 2.24) is 15.0 Å². The molecule has 150 valence electrons. The van der Waals surface area contributed by atoms with Crippen LogP contribution in [0.4, 0.5) is 5.95 Å². The molecule has 0 aliphatic carbocycles. The average Bonchev–Trinajstić information content (AvgIpc) is 2.83. The Kier molecular flexibility index (Phi) is 4.99. The fraction of sp³-hybridized carbons (Fsp3) is 0.0385. The Labute approximate surface area is 180 Å². The Morgan fingerprint density at radius 2 is 1.39 bits per heavy atom. The number of para-hydroxylation sites is 1. The zero-order chi connectivity index (χ0) is 21.0. The largest absolute Gasteiger partial charge is 0.488 e. The first-order valence-electron chi connectivity index (χ1n) is 10.0. The molecule has 0 fully saturated rings. The second-order valence-corrected chi connectivity index (χ2v) is 7.13. The number of nitrogen functional groups attached to an aromatic ring is 1. The summed E-state index contributed by atoms with van der Waals surface area (Å²) in [5.74, 6) is 1.00. The van der Waals surface area contributed by atoms with Gasteiger partial charge in [-0.3, -0.25) is 0 Å². The van der Waals surface area contributed by atoms with Crippen LogP contribution in [-0.4, -0.2) is 15.0 Å². The molecule has 0 aliphatic rings. The summed E-state index contributed by atoms with van der Waals surface area (Å²) >= 11 is 0. The van der Waals surface area contributed by atoms with Crippen LogP contribution in [0.5, 0.6) is 5.75 Å². The second-order valence-electron chi connectivity index (χ2n) is 7.13. The fourth-order valence-corrected chi connectivity index (χ4v) is 3.52. The molecule has 0 radical (unpaired) electrons. The first-order chi connectivity index (χ1) is 15.3. The molecule has 0 atom stereocenters. The molecule has 0 aliphatic heterocycles. The van der Waals surface area contributed by atoms with E-state index in [0.717, 1.165) is 28.1 Å². The Morgan fingerprint density at radius 3 is 2.19 bits per heavy atom. The van der Waals surface area contributed by atoms with E-state index in [1.54, 1.807) is 0 Å². The van der Waals surface area contributed by atoms with Crippen molar-refractivity contribution < 1.29 is 4.74 Å². The topological polar surface area (TPSA) is 73.9 Å². The van der Waals surface area contributed by atoms with Gasteiger partial charge in [0, 0.05) is 11.1 Å². The maximum Gasteiger partial charge on any atom is 0.221 e. The number of hydrogen-bond acceptors (Lipinski definition) is 5. The maximum absolute atomic E-state index is 6.13. The summed E-state index contributed by atoms with van der Waals surface area (Å²) in [6.45, 7) is 0.486. The molecule has 0 saturated carbocycles. The quantitative estimate of drug-likeness (QED) is 0.417. The van der Waals surface area contributed by atoms with Gasteiger partial charge < -0.3 is 10.5 Å². The Morgan fingerprint density at radius 1 is 0.677 bits per heavy atom. The van der Waals surface area contributed by atoms with E-state index in [1.807, 2.05) is 97.1 Å². The van der Waals surface area contributed by atoms with Crippen LogP contribution in [-0.2, 0) is 6.61 Å². The summed E-state index contributed by atoms with van der Waals surface area (Å²) in [5.41, 5.74) is 11.8. The molecule has 2 aromatic heterocycles. The molecule has 5 rings (SSSR count). The monoisotopic (exact) mass is 404 g/mol. The zero-order valence-electron chi connectivity index (χ0n) is 16.8. The molecule has 5 aromatic rings. The summed E-state index contributed by atoms with van der Waals surface area (Å²) in [6.07, 6.45) is 0. The number of nitrogens with zero attached hydrogens (tertiary/aromatic N) is 3. The van der Waals surface area contributed by atoms with Crippen molar-refractivity contribution in [1.29, 1.82) is 0 Å². The molecular formula is C26H20N4O. The van der Waals surface area contributed by atoms with Crippen molar-refractivity contribution in [2.75, 3.05) is 5.73 Å². The maximum atomic E-state index is 6.13. The van der Waals surface area contributed by atoms with Crippen LogP contribution >= 0.6 is 0 Å². The lowest BCUT2D eigenvalue weighted by molar-refractivity contribution is 0.307. The highest BCUT2D eigenvalue weighted by Gasteiger charge is 2.14. The predicted molar refractivity (Wildman–Crippen MR) is 123 cm³/mol. The molecule has 0 unspecified atom stereocenters. The van der Waals surface area contributed by atoms with Crippen LogP contribution in [0, 0.1) is 0 Å². The molecule has 0 amide bonds. The number of rotatable bonds is 5. The Balaban J connectivity index is 1.58. The van der Waals surface area contributed by atoms with Crippen LogP contribution in [0.15, 0.2) is 97.1 Å². The van der Waals surface area contributed by atoms with Crippen molar-refractivity contribution in [3.8, 4) is 28.3 Å². The number of hydrogen-bond donors (Lipinski definition) is 1. The average molecular weight is 404 g/mol. The smallest absolute Gasteiger partial charge is 0.221 e. The van der Waals surface area contributed by atoms with Crippen molar-refractivity contribution in [3.05, 3.63) is 103 Å². The van der Waals surface area contributed by atoms with Crippen LogP contribution in [0.25, 0.3) is 33.5 Å². The van der Waals surface area contributed by atoms with Gasteiger partial charge in [-0.15, -0.1) is 0 Å². The van der Waals surface area contributed by atoms with Gasteiger partial charge in [0.05, 0.1) is 11.2 Å². The van der Waals surface area contributed by atoms with Crippen LogP contribution in [0.1, 0.15) is 5.56 Å². The van der Waals surface area contributed by atoms with Gasteiger partial charge in [0.1, 0.15) is 23.6 Å². The normalized spacial score (nSPS) is 10.8. The second kappa shape index (κ2) is 8.24. The number of aromatic nitrogens is 3. The lowest BCUT2D eigenvalue weighted by Gasteiger charge is -2.13. The highest BCUT2D eigenvalue weighted by molar-refractivity contribution is 5.91. The van der Waals surface area contributed by atoms with E-state index in [0.29, 0.717) is 23.3 Å². The SMILES string of the molecule is Nc1nc(-c2ccccc2)c2nc(-c3ccccc3OCc3ccccc3)ccc2n1. The van der Waals surface area contributed by atoms with Gasteiger partial charge in [-0.2, -0.15) is 0 Å². The molecule has 5 heteroatoms. The van der Waals surface area contributed by atoms with Crippen LogP contribution in [0.2, 0.25) is 0 Å². The Hall–Kier alpha value is -4.25. The standard InChI is InChI=1S/C26H20N4O/c27-26-29-22-16-15-21(28-25(22)24(30-26)19-11-5-2-6-12-19)20-13-7-8-14-23(20)31-17-18-9-3-1-4-10-18/h1-16H,17H2,(H2,27,29,30). The number of pyridine rings is 1. The van der Waals surface area contributed by atoms with E-state index in [9.17, 15) is 0 Å². The van der Waals surface area contributed by atoms with Gasteiger partial charge in [0.25, 0.3) is 0 Å². The third-order valence-electron chi connectivity index (χ3n) is 5.01. The van der Waals surface area contributed by atoms with E-state index in [4.69, 9.17) is 15.5 Å². The van der Waals surface area contributed by atoms with Gasteiger partial charge in [0.15, 0.2) is 0 Å².